The van der Waals surface area contributed by atoms with Gasteiger partial charge in [-0.3, -0.25) is 29.0 Å². The van der Waals surface area contributed by atoms with Gasteiger partial charge in [0.15, 0.2) is 0 Å². The number of carbonyl (C=O) groups is 4. The van der Waals surface area contributed by atoms with E-state index >= 15 is 19.2 Å². The molecule has 372 valence electrons. The summed E-state index contributed by atoms with van der Waals surface area (Å²) in [6.45, 7) is 8.75. The highest BCUT2D eigenvalue weighted by Crippen LogP contribution is 2.48. The molecule has 4 heterocycles. The van der Waals surface area contributed by atoms with Crippen LogP contribution in [0.5, 0.6) is 0 Å². The van der Waals surface area contributed by atoms with Gasteiger partial charge in [0.1, 0.15) is 22.7 Å². The number of rotatable bonds is 24. The van der Waals surface area contributed by atoms with Gasteiger partial charge in [0, 0.05) is 34.0 Å². The largest absolute Gasteiger partial charge is 0.337 e. The Hall–Kier alpha value is -6.68. The fraction of sp³-hybridized carbons (Fsp3) is 0.419. The van der Waals surface area contributed by atoms with Crippen molar-refractivity contribution in [3.8, 4) is 22.8 Å². The molecule has 2 aliphatic rings. The maximum absolute atomic E-state index is 15.9. The van der Waals surface area contributed by atoms with Crippen LogP contribution < -0.4 is 0 Å². The number of amides is 4. The third kappa shape index (κ3) is 9.00. The Balaban J connectivity index is 1.26. The van der Waals surface area contributed by atoms with Crippen molar-refractivity contribution in [2.75, 3.05) is 0 Å². The molecule has 72 heavy (non-hydrogen) atoms. The van der Waals surface area contributed by atoms with Crippen molar-refractivity contribution in [1.82, 2.24) is 29.7 Å². The lowest BCUT2D eigenvalue weighted by molar-refractivity contribution is 0.0498. The number of imide groups is 2. The van der Waals surface area contributed by atoms with Gasteiger partial charge in [0.05, 0.1) is 33.3 Å². The van der Waals surface area contributed by atoms with E-state index in [4.69, 9.17) is 9.97 Å². The second kappa shape index (κ2) is 21.6. The summed E-state index contributed by atoms with van der Waals surface area (Å²) in [6, 6.07) is 27.9. The van der Waals surface area contributed by atoms with E-state index in [2.05, 4.69) is 86.2 Å². The van der Waals surface area contributed by atoms with Crippen molar-refractivity contribution in [2.45, 2.75) is 168 Å². The predicted octanol–water partition coefficient (Wildman–Crippen LogP) is 16.0. The molecular weight excluding hydrogens is 893 g/mol. The number of imidazole rings is 2. The quantitative estimate of drug-likeness (QED) is 0.0458. The summed E-state index contributed by atoms with van der Waals surface area (Å²) in [5.74, 6) is -0.690. The highest BCUT2D eigenvalue weighted by molar-refractivity contribution is 6.42. The Kier molecular flexibility index (Phi) is 14.7. The summed E-state index contributed by atoms with van der Waals surface area (Å²) in [7, 11) is 0. The molecule has 2 aliphatic heterocycles. The van der Waals surface area contributed by atoms with E-state index < -0.39 is 23.6 Å². The van der Waals surface area contributed by atoms with Crippen LogP contribution in [0.1, 0.15) is 198 Å². The molecule has 0 aliphatic carbocycles. The molecule has 0 radical (unpaired) electrons. The molecule has 2 aromatic heterocycles. The minimum absolute atomic E-state index is 0.253. The van der Waals surface area contributed by atoms with Gasteiger partial charge in [-0.25, -0.2) is 9.97 Å². The Bertz CT molecular complexity index is 2990. The molecule has 0 saturated heterocycles. The summed E-state index contributed by atoms with van der Waals surface area (Å²) in [5.41, 5.74) is 4.12. The van der Waals surface area contributed by atoms with Gasteiger partial charge in [-0.1, -0.05) is 203 Å². The predicted molar refractivity (Wildman–Crippen MR) is 293 cm³/mol. The van der Waals surface area contributed by atoms with Crippen molar-refractivity contribution in [3.63, 3.8) is 0 Å². The van der Waals surface area contributed by atoms with Gasteiger partial charge >= 0.3 is 0 Å². The summed E-state index contributed by atoms with van der Waals surface area (Å²) < 4.78 is 0. The summed E-state index contributed by atoms with van der Waals surface area (Å²) >= 11 is 0. The minimum Gasteiger partial charge on any atom is -0.337 e. The fourth-order valence-electron chi connectivity index (χ4n) is 11.9. The van der Waals surface area contributed by atoms with Crippen LogP contribution in [0.3, 0.4) is 0 Å². The molecule has 10 heteroatoms. The zero-order valence-corrected chi connectivity index (χ0v) is 42.8. The lowest BCUT2D eigenvalue weighted by Crippen LogP contribution is -2.49. The number of carbonyl (C=O) groups excluding carboxylic acids is 4. The van der Waals surface area contributed by atoms with E-state index in [1.54, 1.807) is 0 Å². The highest BCUT2D eigenvalue weighted by Gasteiger charge is 2.48. The van der Waals surface area contributed by atoms with Crippen LogP contribution in [-0.2, 0) is 0 Å². The monoisotopic (exact) mass is 963 g/mol. The van der Waals surface area contributed by atoms with Crippen molar-refractivity contribution >= 4 is 78.0 Å². The average molecular weight is 963 g/mol. The lowest BCUT2D eigenvalue weighted by atomic mass is 9.82. The maximum atomic E-state index is 15.9. The van der Waals surface area contributed by atoms with Crippen LogP contribution in [0.4, 0.5) is 0 Å². The molecule has 10 nitrogen and oxygen atoms in total. The van der Waals surface area contributed by atoms with Crippen LogP contribution in [0.2, 0.25) is 0 Å². The summed E-state index contributed by atoms with van der Waals surface area (Å²) in [6.07, 6.45) is 18.9. The molecule has 0 saturated carbocycles. The Morgan fingerprint density at radius 1 is 0.403 bits per heavy atom. The first-order chi connectivity index (χ1) is 35.3. The second-order valence-electron chi connectivity index (χ2n) is 20.7. The van der Waals surface area contributed by atoms with Gasteiger partial charge in [-0.15, -0.1) is 0 Å². The zero-order chi connectivity index (χ0) is 49.9. The van der Waals surface area contributed by atoms with Crippen LogP contribution in [-0.4, -0.2) is 65.4 Å². The standard InChI is InChI=1S/C62H70N6O4/c1-5-9-13-17-29-45(30-18-14-10-6-2)67-59(69)49-47-48-51(55-53(49)63-57(65-55)43-35-33-39-25-21-23-27-41(39)37-43)61(71)68(46(31-19-15-11-7-3)32-20-16-12-8-4)62(72)52(48)56-54(50(47)60(67)70)64-58(66-56)44-36-34-40-26-22-24-28-42(40)38-44/h21-28,33-38,45-46H,5-20,29-32H2,1-4H3,(H,63,65)(H,64,66). The number of hydrogen-bond donors (Lipinski definition) is 2. The number of nitrogens with zero attached hydrogens (tertiary/aromatic N) is 4. The Morgan fingerprint density at radius 3 is 1.08 bits per heavy atom. The molecule has 0 atom stereocenters. The van der Waals surface area contributed by atoms with Crippen LogP contribution in [0, 0.1) is 0 Å². The normalized spacial score (nSPS) is 13.9. The van der Waals surface area contributed by atoms with Crippen molar-refractivity contribution in [3.05, 3.63) is 107 Å². The third-order valence-electron chi connectivity index (χ3n) is 15.7. The van der Waals surface area contributed by atoms with Gasteiger partial charge < -0.3 is 9.97 Å². The highest BCUT2D eigenvalue weighted by atomic mass is 16.2. The summed E-state index contributed by atoms with van der Waals surface area (Å²) in [5, 5.41) is 4.84. The smallest absolute Gasteiger partial charge is 0.263 e. The average Bonchev–Trinajstić information content (AvgIpc) is 4.05. The third-order valence-corrected chi connectivity index (χ3v) is 15.7. The molecule has 8 aromatic rings. The van der Waals surface area contributed by atoms with Crippen molar-refractivity contribution < 1.29 is 19.2 Å². The number of hydrogen-bond acceptors (Lipinski definition) is 6. The van der Waals surface area contributed by atoms with E-state index in [1.165, 1.54) is 9.80 Å². The van der Waals surface area contributed by atoms with E-state index in [-0.39, 0.29) is 34.3 Å². The van der Waals surface area contributed by atoms with Crippen LogP contribution in [0.15, 0.2) is 84.9 Å². The number of H-pyrrole nitrogens is 2. The SMILES string of the molecule is CCCCCCC(CCCCCC)N1C(=O)c2c3nc(-c4ccc5ccccc5c4)[nH]c3c3c4c(c5nc(-c6ccc7ccccc7c6)[nH]c5c(c24)C1=O)C(=O)N(C(CCCCCC)CCCCCC)C3=O. The summed E-state index contributed by atoms with van der Waals surface area (Å²) in [4.78, 5) is 84.5. The minimum atomic E-state index is -0.428. The number of aromatic nitrogens is 4. The molecule has 10 rings (SSSR count). The van der Waals surface area contributed by atoms with Gasteiger partial charge in [0.25, 0.3) is 23.6 Å². The topological polar surface area (TPSA) is 132 Å². The van der Waals surface area contributed by atoms with E-state index in [0.717, 1.165) is 135 Å². The molecule has 0 unspecified atom stereocenters. The fourth-order valence-corrected chi connectivity index (χ4v) is 11.9. The Morgan fingerprint density at radius 2 is 0.736 bits per heavy atom. The number of benzene rings is 6. The number of nitrogens with one attached hydrogen (secondary N) is 2. The maximum Gasteiger partial charge on any atom is 0.263 e. The molecule has 0 bridgehead atoms. The molecule has 0 fully saturated rings. The van der Waals surface area contributed by atoms with Crippen molar-refractivity contribution in [1.29, 1.82) is 0 Å². The first-order valence-corrected chi connectivity index (χ1v) is 27.5. The van der Waals surface area contributed by atoms with Crippen LogP contribution >= 0.6 is 0 Å². The lowest BCUT2D eigenvalue weighted by Gasteiger charge is -2.38. The van der Waals surface area contributed by atoms with Crippen molar-refractivity contribution in [2.24, 2.45) is 0 Å². The molecule has 6 aromatic carbocycles. The van der Waals surface area contributed by atoms with Crippen LogP contribution in [0.25, 0.3) is 77.2 Å². The molecule has 0 spiro atoms. The number of aromatic amines is 2. The second-order valence-corrected chi connectivity index (χ2v) is 20.7. The molecule has 2 N–H and O–H groups in total. The number of fused-ring (bicyclic) bond motifs is 8. The Labute approximate surface area is 423 Å². The first kappa shape index (κ1) is 48.9. The number of unbranched alkanes of at least 4 members (excludes halogenated alkanes) is 12. The molecular formula is C62H70N6O4. The zero-order valence-electron chi connectivity index (χ0n) is 42.8. The van der Waals surface area contributed by atoms with E-state index in [9.17, 15) is 0 Å². The van der Waals surface area contributed by atoms with Gasteiger partial charge in [-0.05, 0) is 59.4 Å². The van der Waals surface area contributed by atoms with Gasteiger partial charge in [0.2, 0.25) is 0 Å². The van der Waals surface area contributed by atoms with E-state index in [0.29, 0.717) is 70.2 Å². The molecule has 4 amide bonds. The van der Waals surface area contributed by atoms with Gasteiger partial charge in [-0.2, -0.15) is 0 Å². The van der Waals surface area contributed by atoms with E-state index in [1.807, 2.05) is 36.4 Å². The first-order valence-electron chi connectivity index (χ1n) is 27.5.